The van der Waals surface area contributed by atoms with Gasteiger partial charge in [0.25, 0.3) is 0 Å². The number of benzene rings is 1. The normalized spacial score (nSPS) is 12.1. The van der Waals surface area contributed by atoms with Crippen LogP contribution in [-0.4, -0.2) is 25.8 Å². The van der Waals surface area contributed by atoms with E-state index >= 15 is 0 Å². The molecule has 1 heterocycles. The summed E-state index contributed by atoms with van der Waals surface area (Å²) in [6.45, 7) is 1.94. The molecule has 0 unspecified atom stereocenters. The van der Waals surface area contributed by atoms with Crippen LogP contribution in [-0.2, 0) is 14.3 Å². The van der Waals surface area contributed by atoms with Crippen molar-refractivity contribution in [2.75, 3.05) is 19.2 Å². The predicted molar refractivity (Wildman–Crippen MR) is 57.9 cm³/mol. The number of hydrogen-bond acceptors (Lipinski definition) is 5. The molecule has 1 N–H and O–H groups in total. The van der Waals surface area contributed by atoms with E-state index in [1.165, 1.54) is 0 Å². The second-order valence-electron chi connectivity index (χ2n) is 3.47. The first-order chi connectivity index (χ1) is 8.11. The monoisotopic (exact) mass is 237 g/mol. The SMILES string of the molecule is COC(=O)C(=O)Nc1cc2c(cc1C)OCO2. The molecule has 1 aliphatic rings. The minimum atomic E-state index is -0.943. The number of esters is 1. The van der Waals surface area contributed by atoms with Crippen LogP contribution in [0.25, 0.3) is 0 Å². The van der Waals surface area contributed by atoms with Crippen molar-refractivity contribution in [3.8, 4) is 11.5 Å². The molecule has 0 aromatic heterocycles. The van der Waals surface area contributed by atoms with Crippen LogP contribution in [0.1, 0.15) is 5.56 Å². The first kappa shape index (κ1) is 11.3. The van der Waals surface area contributed by atoms with E-state index in [0.29, 0.717) is 17.2 Å². The number of anilines is 1. The van der Waals surface area contributed by atoms with Gasteiger partial charge in [-0.2, -0.15) is 0 Å². The molecule has 17 heavy (non-hydrogen) atoms. The molecule has 2 rings (SSSR count). The summed E-state index contributed by atoms with van der Waals surface area (Å²) in [6.07, 6.45) is 0. The van der Waals surface area contributed by atoms with Crippen LogP contribution in [0.15, 0.2) is 12.1 Å². The van der Waals surface area contributed by atoms with Crippen molar-refractivity contribution in [1.82, 2.24) is 0 Å². The first-order valence-electron chi connectivity index (χ1n) is 4.91. The molecule has 0 saturated heterocycles. The maximum Gasteiger partial charge on any atom is 0.396 e. The summed E-state index contributed by atoms with van der Waals surface area (Å²) in [5.74, 6) is -0.606. The Labute approximate surface area is 97.5 Å². The number of rotatable bonds is 1. The van der Waals surface area contributed by atoms with Gasteiger partial charge in [0.2, 0.25) is 6.79 Å². The number of amides is 1. The number of aryl methyl sites for hydroxylation is 1. The van der Waals surface area contributed by atoms with Crippen LogP contribution in [0.5, 0.6) is 11.5 Å². The van der Waals surface area contributed by atoms with Crippen molar-refractivity contribution in [3.63, 3.8) is 0 Å². The van der Waals surface area contributed by atoms with Crippen LogP contribution in [0.4, 0.5) is 5.69 Å². The Bertz CT molecular complexity index is 483. The molecule has 0 radical (unpaired) electrons. The minimum Gasteiger partial charge on any atom is -0.462 e. The maximum absolute atomic E-state index is 11.3. The Balaban J connectivity index is 2.22. The highest BCUT2D eigenvalue weighted by Gasteiger charge is 2.19. The van der Waals surface area contributed by atoms with Crippen molar-refractivity contribution in [2.24, 2.45) is 0 Å². The lowest BCUT2D eigenvalue weighted by Crippen LogP contribution is -2.24. The Morgan fingerprint density at radius 1 is 1.29 bits per heavy atom. The third kappa shape index (κ3) is 2.15. The Morgan fingerprint density at radius 2 is 1.94 bits per heavy atom. The van der Waals surface area contributed by atoms with Gasteiger partial charge in [-0.05, 0) is 18.6 Å². The van der Waals surface area contributed by atoms with Crippen LogP contribution in [0.2, 0.25) is 0 Å². The largest absolute Gasteiger partial charge is 0.462 e. The van der Waals surface area contributed by atoms with Gasteiger partial charge >= 0.3 is 11.9 Å². The van der Waals surface area contributed by atoms with E-state index in [-0.39, 0.29) is 6.79 Å². The highest BCUT2D eigenvalue weighted by molar-refractivity contribution is 6.37. The van der Waals surface area contributed by atoms with E-state index < -0.39 is 11.9 Å². The minimum absolute atomic E-state index is 0.156. The van der Waals surface area contributed by atoms with Gasteiger partial charge in [0.05, 0.1) is 7.11 Å². The summed E-state index contributed by atoms with van der Waals surface area (Å²) in [5.41, 5.74) is 1.26. The molecule has 0 aliphatic carbocycles. The average molecular weight is 237 g/mol. The molecule has 0 spiro atoms. The van der Waals surface area contributed by atoms with Gasteiger partial charge in [-0.1, -0.05) is 0 Å². The molecular formula is C11H11NO5. The summed E-state index contributed by atoms with van der Waals surface area (Å²) in [7, 11) is 1.15. The third-order valence-corrected chi connectivity index (χ3v) is 2.34. The summed E-state index contributed by atoms with van der Waals surface area (Å²) < 4.78 is 14.7. The molecule has 0 fully saturated rings. The zero-order valence-electron chi connectivity index (χ0n) is 9.40. The van der Waals surface area contributed by atoms with Crippen LogP contribution in [0, 0.1) is 6.92 Å². The number of nitrogens with one attached hydrogen (secondary N) is 1. The lowest BCUT2D eigenvalue weighted by Gasteiger charge is -2.08. The van der Waals surface area contributed by atoms with Gasteiger partial charge in [0.15, 0.2) is 11.5 Å². The number of hydrogen-bond donors (Lipinski definition) is 1. The zero-order valence-corrected chi connectivity index (χ0v) is 9.40. The van der Waals surface area contributed by atoms with Gasteiger partial charge in [-0.3, -0.25) is 4.79 Å². The topological polar surface area (TPSA) is 73.9 Å². The third-order valence-electron chi connectivity index (χ3n) is 2.34. The number of carbonyl (C=O) groups excluding carboxylic acids is 2. The maximum atomic E-state index is 11.3. The van der Waals surface area contributed by atoms with Crippen molar-refractivity contribution in [2.45, 2.75) is 6.92 Å². The first-order valence-corrected chi connectivity index (χ1v) is 4.91. The van der Waals surface area contributed by atoms with Crippen molar-refractivity contribution in [1.29, 1.82) is 0 Å². The summed E-state index contributed by atoms with van der Waals surface area (Å²) >= 11 is 0. The quantitative estimate of drug-likeness (QED) is 0.578. The Kier molecular flexibility index (Phi) is 2.86. The van der Waals surface area contributed by atoms with Crippen LogP contribution >= 0.6 is 0 Å². The van der Waals surface area contributed by atoms with Gasteiger partial charge in [0.1, 0.15) is 0 Å². The standard InChI is InChI=1S/C11H11NO5/c1-6-3-8-9(17-5-16-8)4-7(6)12-10(13)11(14)15-2/h3-4H,5H2,1-2H3,(H,12,13). The molecule has 1 aromatic carbocycles. The van der Waals surface area contributed by atoms with Gasteiger partial charge in [-0.15, -0.1) is 0 Å². The summed E-state index contributed by atoms with van der Waals surface area (Å²) in [6, 6.07) is 3.34. The highest BCUT2D eigenvalue weighted by Crippen LogP contribution is 2.36. The molecule has 0 saturated carbocycles. The van der Waals surface area contributed by atoms with E-state index in [1.54, 1.807) is 19.1 Å². The predicted octanol–water partition coefficient (Wildman–Crippen LogP) is 0.835. The second kappa shape index (κ2) is 4.32. The van der Waals surface area contributed by atoms with E-state index in [9.17, 15) is 9.59 Å². The number of fused-ring (bicyclic) bond motifs is 1. The highest BCUT2D eigenvalue weighted by atomic mass is 16.7. The Hall–Kier alpha value is -2.24. The van der Waals surface area contributed by atoms with E-state index in [2.05, 4.69) is 10.1 Å². The van der Waals surface area contributed by atoms with E-state index in [4.69, 9.17) is 9.47 Å². The van der Waals surface area contributed by atoms with Gasteiger partial charge < -0.3 is 19.5 Å². The molecule has 1 amide bonds. The molecule has 90 valence electrons. The lowest BCUT2D eigenvalue weighted by molar-refractivity contribution is -0.150. The zero-order chi connectivity index (χ0) is 12.4. The van der Waals surface area contributed by atoms with E-state index in [0.717, 1.165) is 12.7 Å². The second-order valence-corrected chi connectivity index (χ2v) is 3.47. The van der Waals surface area contributed by atoms with Crippen LogP contribution in [0.3, 0.4) is 0 Å². The van der Waals surface area contributed by atoms with Crippen molar-refractivity contribution < 1.29 is 23.8 Å². The molecule has 0 bridgehead atoms. The smallest absolute Gasteiger partial charge is 0.396 e. The van der Waals surface area contributed by atoms with Gasteiger partial charge in [0, 0.05) is 11.8 Å². The van der Waals surface area contributed by atoms with Crippen LogP contribution < -0.4 is 14.8 Å². The molecular weight excluding hydrogens is 226 g/mol. The molecule has 1 aliphatic heterocycles. The summed E-state index contributed by atoms with van der Waals surface area (Å²) in [4.78, 5) is 22.3. The fourth-order valence-electron chi connectivity index (χ4n) is 1.44. The molecule has 6 heteroatoms. The fourth-order valence-corrected chi connectivity index (χ4v) is 1.44. The molecule has 1 aromatic rings. The fraction of sp³-hybridized carbons (Fsp3) is 0.273. The van der Waals surface area contributed by atoms with Crippen molar-refractivity contribution in [3.05, 3.63) is 17.7 Å². The number of carbonyl (C=O) groups is 2. The lowest BCUT2D eigenvalue weighted by atomic mass is 10.1. The van der Waals surface area contributed by atoms with Gasteiger partial charge in [-0.25, -0.2) is 4.79 Å². The number of methoxy groups -OCH3 is 1. The molecule has 6 nitrogen and oxygen atoms in total. The Morgan fingerprint density at radius 3 is 2.59 bits per heavy atom. The summed E-state index contributed by atoms with van der Waals surface area (Å²) in [5, 5.41) is 2.44. The molecule has 0 atom stereocenters. The number of ether oxygens (including phenoxy) is 3. The average Bonchev–Trinajstić information content (AvgIpc) is 2.75. The van der Waals surface area contributed by atoms with E-state index in [1.807, 2.05) is 0 Å². The van der Waals surface area contributed by atoms with Crippen molar-refractivity contribution >= 4 is 17.6 Å².